The predicted molar refractivity (Wildman–Crippen MR) is 98.6 cm³/mol. The van der Waals surface area contributed by atoms with Crippen molar-refractivity contribution in [3.63, 3.8) is 0 Å². The standard InChI is InChI=1S/C19H26N2O4S/c1-14-19(9-5-11-20(2)18(19)23)10-6-12-21(14)17(22)15-7-4-8-16(13-15)26(3,24)25/h4,7-8,13-14H,5-6,9-12H2,1-3H3/t14-,19+/m1/s1. The van der Waals surface area contributed by atoms with Crippen molar-refractivity contribution in [2.45, 2.75) is 43.5 Å². The van der Waals surface area contributed by atoms with Crippen molar-refractivity contribution < 1.29 is 18.0 Å². The first kappa shape index (κ1) is 18.9. The van der Waals surface area contributed by atoms with E-state index in [9.17, 15) is 18.0 Å². The molecule has 0 radical (unpaired) electrons. The molecule has 142 valence electrons. The second-order valence-corrected chi connectivity index (χ2v) is 9.58. The number of piperidine rings is 2. The maximum absolute atomic E-state index is 13.1. The number of hydrogen-bond acceptors (Lipinski definition) is 4. The molecule has 3 rings (SSSR count). The molecule has 2 amide bonds. The van der Waals surface area contributed by atoms with Gasteiger partial charge in [0.2, 0.25) is 5.91 Å². The van der Waals surface area contributed by atoms with E-state index in [0.717, 1.165) is 38.5 Å². The molecule has 0 aromatic heterocycles. The minimum absolute atomic E-state index is 0.124. The van der Waals surface area contributed by atoms with Gasteiger partial charge in [-0.05, 0) is 50.8 Å². The molecule has 26 heavy (non-hydrogen) atoms. The van der Waals surface area contributed by atoms with Gasteiger partial charge in [0.1, 0.15) is 0 Å². The van der Waals surface area contributed by atoms with Crippen molar-refractivity contribution in [2.24, 2.45) is 5.41 Å². The summed E-state index contributed by atoms with van der Waals surface area (Å²) in [5, 5.41) is 0. The van der Waals surface area contributed by atoms with Crippen molar-refractivity contribution >= 4 is 21.7 Å². The van der Waals surface area contributed by atoms with Crippen LogP contribution in [0, 0.1) is 5.41 Å². The van der Waals surface area contributed by atoms with Crippen molar-refractivity contribution in [3.8, 4) is 0 Å². The van der Waals surface area contributed by atoms with Crippen LogP contribution in [0.2, 0.25) is 0 Å². The number of sulfone groups is 1. The number of benzene rings is 1. The Bertz CT molecular complexity index is 832. The highest BCUT2D eigenvalue weighted by Crippen LogP contribution is 2.44. The van der Waals surface area contributed by atoms with E-state index >= 15 is 0 Å². The van der Waals surface area contributed by atoms with Crippen LogP contribution in [-0.2, 0) is 14.6 Å². The zero-order chi connectivity index (χ0) is 19.1. The van der Waals surface area contributed by atoms with Gasteiger partial charge >= 0.3 is 0 Å². The molecule has 7 heteroatoms. The summed E-state index contributed by atoms with van der Waals surface area (Å²) in [5.74, 6) is -0.0817. The van der Waals surface area contributed by atoms with E-state index in [-0.39, 0.29) is 22.8 Å². The van der Waals surface area contributed by atoms with Gasteiger partial charge < -0.3 is 9.80 Å². The number of carbonyl (C=O) groups is 2. The average Bonchev–Trinajstić information content (AvgIpc) is 2.60. The van der Waals surface area contributed by atoms with Crippen LogP contribution in [0.25, 0.3) is 0 Å². The number of amides is 2. The van der Waals surface area contributed by atoms with Gasteiger partial charge in [0.15, 0.2) is 9.84 Å². The summed E-state index contributed by atoms with van der Waals surface area (Å²) in [7, 11) is -1.55. The Morgan fingerprint density at radius 3 is 2.50 bits per heavy atom. The van der Waals surface area contributed by atoms with Gasteiger partial charge in [-0.2, -0.15) is 0 Å². The molecule has 2 heterocycles. The third-order valence-corrected chi connectivity index (χ3v) is 7.06. The highest BCUT2D eigenvalue weighted by molar-refractivity contribution is 7.90. The van der Waals surface area contributed by atoms with Crippen LogP contribution in [0.4, 0.5) is 0 Å². The molecule has 0 unspecified atom stereocenters. The first-order valence-corrected chi connectivity index (χ1v) is 10.9. The fourth-order valence-corrected chi connectivity index (χ4v) is 5.08. The smallest absolute Gasteiger partial charge is 0.254 e. The highest BCUT2D eigenvalue weighted by Gasteiger charge is 2.51. The third kappa shape index (κ3) is 3.13. The fourth-order valence-electron chi connectivity index (χ4n) is 4.41. The Morgan fingerprint density at radius 1 is 1.19 bits per heavy atom. The third-order valence-electron chi connectivity index (χ3n) is 5.95. The van der Waals surface area contributed by atoms with Crippen LogP contribution < -0.4 is 0 Å². The normalized spacial score (nSPS) is 27.0. The molecule has 6 nitrogen and oxygen atoms in total. The molecule has 2 saturated heterocycles. The molecule has 0 N–H and O–H groups in total. The summed E-state index contributed by atoms with van der Waals surface area (Å²) < 4.78 is 23.6. The molecule has 1 spiro atoms. The molecule has 0 bridgehead atoms. The van der Waals surface area contributed by atoms with Gasteiger partial charge in [-0.15, -0.1) is 0 Å². The lowest BCUT2D eigenvalue weighted by molar-refractivity contribution is -0.152. The predicted octanol–water partition coefficient (Wildman–Crippen LogP) is 1.95. The quantitative estimate of drug-likeness (QED) is 0.788. The zero-order valence-electron chi connectivity index (χ0n) is 15.6. The summed E-state index contributed by atoms with van der Waals surface area (Å²) >= 11 is 0. The van der Waals surface area contributed by atoms with Gasteiger partial charge in [-0.1, -0.05) is 6.07 Å². The minimum Gasteiger partial charge on any atom is -0.345 e. The van der Waals surface area contributed by atoms with Crippen LogP contribution in [0.1, 0.15) is 43.0 Å². The van der Waals surface area contributed by atoms with Gasteiger partial charge in [-0.3, -0.25) is 9.59 Å². The van der Waals surface area contributed by atoms with Crippen LogP contribution in [0.3, 0.4) is 0 Å². The van der Waals surface area contributed by atoms with Crippen LogP contribution in [-0.4, -0.2) is 62.5 Å². The number of rotatable bonds is 2. The lowest BCUT2D eigenvalue weighted by Gasteiger charge is -2.51. The minimum atomic E-state index is -3.38. The lowest BCUT2D eigenvalue weighted by Crippen LogP contribution is -2.61. The lowest BCUT2D eigenvalue weighted by atomic mass is 9.68. The van der Waals surface area contributed by atoms with Gasteiger partial charge in [0, 0.05) is 38.0 Å². The van der Waals surface area contributed by atoms with E-state index in [4.69, 9.17) is 0 Å². The average molecular weight is 378 g/mol. The summed E-state index contributed by atoms with van der Waals surface area (Å²) in [6.07, 6.45) is 4.44. The number of likely N-dealkylation sites (tertiary alicyclic amines) is 2. The number of hydrogen-bond donors (Lipinski definition) is 0. The summed E-state index contributed by atoms with van der Waals surface area (Å²) in [4.78, 5) is 29.7. The fraction of sp³-hybridized carbons (Fsp3) is 0.579. The molecule has 2 atom stereocenters. The maximum atomic E-state index is 13.1. The Hall–Kier alpha value is -1.89. The van der Waals surface area contributed by atoms with Crippen LogP contribution >= 0.6 is 0 Å². The summed E-state index contributed by atoms with van der Waals surface area (Å²) in [6.45, 7) is 3.30. The van der Waals surface area contributed by atoms with E-state index in [1.165, 1.54) is 12.1 Å². The van der Waals surface area contributed by atoms with Crippen LogP contribution in [0.15, 0.2) is 29.2 Å². The van der Waals surface area contributed by atoms with Gasteiger partial charge in [0.25, 0.3) is 5.91 Å². The molecule has 2 aliphatic rings. The van der Waals surface area contributed by atoms with Crippen LogP contribution in [0.5, 0.6) is 0 Å². The van der Waals surface area contributed by atoms with Gasteiger partial charge in [-0.25, -0.2) is 8.42 Å². The molecule has 2 fully saturated rings. The van der Waals surface area contributed by atoms with Crippen molar-refractivity contribution in [3.05, 3.63) is 29.8 Å². The Morgan fingerprint density at radius 2 is 1.85 bits per heavy atom. The first-order valence-electron chi connectivity index (χ1n) is 9.03. The highest BCUT2D eigenvalue weighted by atomic mass is 32.2. The molecule has 0 aliphatic carbocycles. The molecule has 0 saturated carbocycles. The Kier molecular flexibility index (Phi) is 4.86. The number of nitrogens with zero attached hydrogens (tertiary/aromatic N) is 2. The molecular weight excluding hydrogens is 352 g/mol. The largest absolute Gasteiger partial charge is 0.345 e. The van der Waals surface area contributed by atoms with Crippen molar-refractivity contribution in [1.82, 2.24) is 9.80 Å². The topological polar surface area (TPSA) is 74.8 Å². The first-order chi connectivity index (χ1) is 12.2. The van der Waals surface area contributed by atoms with E-state index in [1.807, 2.05) is 14.0 Å². The van der Waals surface area contributed by atoms with E-state index in [0.29, 0.717) is 12.1 Å². The molecular formula is C19H26N2O4S. The summed E-state index contributed by atoms with van der Waals surface area (Å²) in [5.41, 5.74) is -0.163. The van der Waals surface area contributed by atoms with Gasteiger partial charge in [0.05, 0.1) is 10.3 Å². The SMILES string of the molecule is C[C@H]1N(C(=O)c2cccc(S(C)(=O)=O)c2)CCC[C@@]12CCCN(C)C2=O. The molecule has 1 aromatic rings. The van der Waals surface area contributed by atoms with E-state index in [2.05, 4.69) is 0 Å². The van der Waals surface area contributed by atoms with E-state index in [1.54, 1.807) is 21.9 Å². The monoisotopic (exact) mass is 378 g/mol. The molecule has 1 aromatic carbocycles. The Labute approximate surface area is 155 Å². The van der Waals surface area contributed by atoms with E-state index < -0.39 is 15.3 Å². The zero-order valence-corrected chi connectivity index (χ0v) is 16.4. The number of carbonyl (C=O) groups excluding carboxylic acids is 2. The second-order valence-electron chi connectivity index (χ2n) is 7.56. The Balaban J connectivity index is 1.92. The summed E-state index contributed by atoms with van der Waals surface area (Å²) in [6, 6.07) is 5.95. The van der Waals surface area contributed by atoms with Crippen molar-refractivity contribution in [2.75, 3.05) is 26.4 Å². The van der Waals surface area contributed by atoms with Crippen molar-refractivity contribution in [1.29, 1.82) is 0 Å². The maximum Gasteiger partial charge on any atom is 0.254 e. The second kappa shape index (κ2) is 6.68. The molecule has 2 aliphatic heterocycles.